The number of methoxy groups -OCH3 is 1. The van der Waals surface area contributed by atoms with Crippen molar-refractivity contribution in [2.45, 2.75) is 47.1 Å². The summed E-state index contributed by atoms with van der Waals surface area (Å²) in [5.41, 5.74) is 3.88. The van der Waals surface area contributed by atoms with Crippen molar-refractivity contribution in [3.8, 4) is 5.75 Å². The van der Waals surface area contributed by atoms with Crippen LogP contribution in [0.4, 0.5) is 4.39 Å². The first-order valence-corrected chi connectivity index (χ1v) is 11.2. The molecule has 0 spiro atoms. The zero-order valence-corrected chi connectivity index (χ0v) is 20.5. The summed E-state index contributed by atoms with van der Waals surface area (Å²) in [6, 6.07) is 3.21. The van der Waals surface area contributed by atoms with Crippen molar-refractivity contribution in [2.75, 3.05) is 26.7 Å². The van der Waals surface area contributed by atoms with Crippen LogP contribution in [0, 0.1) is 11.2 Å². The van der Waals surface area contributed by atoms with Gasteiger partial charge in [0.05, 0.1) is 12.5 Å². The number of hydrogen-bond donors (Lipinski definition) is 1. The third-order valence-corrected chi connectivity index (χ3v) is 5.90. The van der Waals surface area contributed by atoms with E-state index in [2.05, 4.69) is 18.1 Å². The molecule has 0 aromatic heterocycles. The lowest BCUT2D eigenvalue weighted by Crippen LogP contribution is -2.42. The van der Waals surface area contributed by atoms with Gasteiger partial charge in [-0.05, 0) is 69.9 Å². The normalized spacial score (nSPS) is 18.0. The van der Waals surface area contributed by atoms with Crippen molar-refractivity contribution in [1.82, 2.24) is 4.90 Å². The fourth-order valence-electron chi connectivity index (χ4n) is 4.15. The Hall–Kier alpha value is -2.86. The maximum atomic E-state index is 14.3. The SMILES string of the molecule is C=C1C(=C2CCN(CC(C)(C)C(=O)O)CC2)c2cc(OC)c(F)cc2CO/C1=C/C.C=CC. The molecule has 2 aliphatic rings. The molecule has 180 valence electrons. The van der Waals surface area contributed by atoms with Crippen LogP contribution in [-0.2, 0) is 16.1 Å². The van der Waals surface area contributed by atoms with Crippen LogP contribution in [0.1, 0.15) is 51.7 Å². The number of fused-ring (bicyclic) bond motifs is 1. The van der Waals surface area contributed by atoms with Gasteiger partial charge in [0.25, 0.3) is 0 Å². The monoisotopic (exact) mass is 457 g/mol. The van der Waals surface area contributed by atoms with Crippen LogP contribution in [0.5, 0.6) is 5.75 Å². The fraction of sp³-hybridized carbons (Fsp3) is 0.444. The van der Waals surface area contributed by atoms with Crippen LogP contribution >= 0.6 is 0 Å². The first-order chi connectivity index (χ1) is 15.6. The molecule has 0 bridgehead atoms. The molecule has 2 aliphatic heterocycles. The largest absolute Gasteiger partial charge is 0.494 e. The maximum absolute atomic E-state index is 14.3. The number of aliphatic carboxylic acids is 1. The van der Waals surface area contributed by atoms with Gasteiger partial charge in [-0.15, -0.1) is 6.58 Å². The van der Waals surface area contributed by atoms with Crippen molar-refractivity contribution in [3.63, 3.8) is 0 Å². The smallest absolute Gasteiger partial charge is 0.310 e. The molecule has 0 aliphatic carbocycles. The number of benzene rings is 1. The highest BCUT2D eigenvalue weighted by atomic mass is 19.1. The first-order valence-electron chi connectivity index (χ1n) is 11.2. The van der Waals surface area contributed by atoms with Crippen LogP contribution in [0.2, 0.25) is 0 Å². The molecular formula is C27H36FNO4. The molecule has 5 nitrogen and oxygen atoms in total. The third-order valence-electron chi connectivity index (χ3n) is 5.90. The van der Waals surface area contributed by atoms with E-state index in [9.17, 15) is 14.3 Å². The van der Waals surface area contributed by atoms with Gasteiger partial charge in [0.15, 0.2) is 11.6 Å². The molecule has 1 fully saturated rings. The van der Waals surface area contributed by atoms with Gasteiger partial charge >= 0.3 is 5.97 Å². The number of nitrogens with zero attached hydrogens (tertiary/aromatic N) is 1. The second kappa shape index (κ2) is 11.3. The van der Waals surface area contributed by atoms with E-state index in [0.29, 0.717) is 12.3 Å². The lowest BCUT2D eigenvalue weighted by atomic mass is 9.85. The molecule has 0 saturated carbocycles. The Balaban J connectivity index is 0.00000122. The Morgan fingerprint density at radius 2 is 1.91 bits per heavy atom. The Morgan fingerprint density at radius 1 is 1.30 bits per heavy atom. The van der Waals surface area contributed by atoms with Crippen LogP contribution < -0.4 is 4.74 Å². The van der Waals surface area contributed by atoms with E-state index in [1.807, 2.05) is 19.9 Å². The van der Waals surface area contributed by atoms with Crippen molar-refractivity contribution in [2.24, 2.45) is 5.41 Å². The number of allylic oxidation sites excluding steroid dienone is 3. The summed E-state index contributed by atoms with van der Waals surface area (Å²) >= 11 is 0. The van der Waals surface area contributed by atoms with Crippen LogP contribution in [-0.4, -0.2) is 42.7 Å². The Labute approximate surface area is 196 Å². The summed E-state index contributed by atoms with van der Waals surface area (Å²) in [6.07, 6.45) is 5.22. The highest BCUT2D eigenvalue weighted by Crippen LogP contribution is 2.41. The maximum Gasteiger partial charge on any atom is 0.310 e. The molecule has 33 heavy (non-hydrogen) atoms. The second-order valence-corrected chi connectivity index (χ2v) is 8.92. The van der Waals surface area contributed by atoms with E-state index >= 15 is 0 Å². The number of carboxylic acids is 1. The fourth-order valence-corrected chi connectivity index (χ4v) is 4.15. The molecule has 0 unspecified atom stereocenters. The second-order valence-electron chi connectivity index (χ2n) is 8.92. The number of ether oxygens (including phenoxy) is 2. The molecule has 1 aromatic carbocycles. The molecule has 0 atom stereocenters. The topological polar surface area (TPSA) is 59.0 Å². The van der Waals surface area contributed by atoms with Gasteiger partial charge in [0, 0.05) is 30.8 Å². The summed E-state index contributed by atoms with van der Waals surface area (Å²) in [6.45, 7) is 17.2. The zero-order valence-electron chi connectivity index (χ0n) is 20.5. The quantitative estimate of drug-likeness (QED) is 0.564. The predicted octanol–water partition coefficient (Wildman–Crippen LogP) is 5.98. The van der Waals surface area contributed by atoms with E-state index in [1.165, 1.54) is 18.7 Å². The number of carboxylic acid groups (broad SMARTS) is 1. The van der Waals surface area contributed by atoms with Gasteiger partial charge < -0.3 is 19.5 Å². The zero-order chi connectivity index (χ0) is 24.8. The Kier molecular flexibility index (Phi) is 9.06. The van der Waals surface area contributed by atoms with Crippen LogP contribution in [0.15, 0.2) is 54.3 Å². The Morgan fingerprint density at radius 3 is 2.42 bits per heavy atom. The average molecular weight is 458 g/mol. The summed E-state index contributed by atoms with van der Waals surface area (Å²) in [5, 5.41) is 9.42. The number of piperidine rings is 1. The van der Waals surface area contributed by atoms with Gasteiger partial charge in [-0.1, -0.05) is 18.2 Å². The lowest BCUT2D eigenvalue weighted by molar-refractivity contribution is -0.148. The van der Waals surface area contributed by atoms with Crippen LogP contribution in [0.25, 0.3) is 5.57 Å². The molecule has 0 amide bonds. The summed E-state index contributed by atoms with van der Waals surface area (Å²) in [5.74, 6) is -0.307. The molecule has 1 N–H and O–H groups in total. The van der Waals surface area contributed by atoms with Crippen LogP contribution in [0.3, 0.4) is 0 Å². The summed E-state index contributed by atoms with van der Waals surface area (Å²) in [4.78, 5) is 13.7. The van der Waals surface area contributed by atoms with Crippen molar-refractivity contribution >= 4 is 11.5 Å². The molecule has 6 heteroatoms. The van der Waals surface area contributed by atoms with Gasteiger partial charge in [-0.2, -0.15) is 0 Å². The minimum Gasteiger partial charge on any atom is -0.494 e. The van der Waals surface area contributed by atoms with Gasteiger partial charge in [-0.25, -0.2) is 4.39 Å². The standard InChI is InChI=1S/C24H30FNO4.C3H6/c1-6-20-15(2)22(18-12-21(29-5)19(25)11-17(18)13-30-20)16-7-9-26(10-8-16)14-24(3,4)23(27)28;1-3-2/h6,11-12H,2,7-10,13-14H2,1,3-5H3,(H,27,28);3H,1H2,2H3/b20-6+;. The number of carbonyl (C=O) groups is 1. The molecular weight excluding hydrogens is 421 g/mol. The molecule has 1 aromatic rings. The van der Waals surface area contributed by atoms with Crippen molar-refractivity contribution in [1.29, 1.82) is 0 Å². The average Bonchev–Trinajstić information content (AvgIpc) is 2.89. The lowest BCUT2D eigenvalue weighted by Gasteiger charge is -2.34. The van der Waals surface area contributed by atoms with Crippen molar-refractivity contribution in [3.05, 3.63) is 71.3 Å². The molecule has 1 saturated heterocycles. The van der Waals surface area contributed by atoms with E-state index < -0.39 is 17.2 Å². The number of hydrogen-bond acceptors (Lipinski definition) is 4. The highest BCUT2D eigenvalue weighted by Gasteiger charge is 2.32. The van der Waals surface area contributed by atoms with Gasteiger partial charge in [0.2, 0.25) is 0 Å². The molecule has 2 heterocycles. The third kappa shape index (κ3) is 6.14. The first kappa shape index (κ1) is 26.4. The van der Waals surface area contributed by atoms with E-state index in [1.54, 1.807) is 26.0 Å². The number of halogens is 1. The van der Waals surface area contributed by atoms with E-state index in [-0.39, 0.29) is 12.4 Å². The van der Waals surface area contributed by atoms with Gasteiger partial charge in [-0.3, -0.25) is 4.79 Å². The molecule has 0 radical (unpaired) electrons. The van der Waals surface area contributed by atoms with E-state index in [4.69, 9.17) is 9.47 Å². The minimum atomic E-state index is -0.792. The molecule has 3 rings (SSSR count). The van der Waals surface area contributed by atoms with E-state index in [0.717, 1.165) is 48.2 Å². The summed E-state index contributed by atoms with van der Waals surface area (Å²) < 4.78 is 25.5. The van der Waals surface area contributed by atoms with Gasteiger partial charge in [0.1, 0.15) is 12.4 Å². The highest BCUT2D eigenvalue weighted by molar-refractivity contribution is 5.87. The Bertz CT molecular complexity index is 965. The number of rotatable bonds is 4. The number of likely N-dealkylation sites (tertiary alicyclic amines) is 1. The summed E-state index contributed by atoms with van der Waals surface area (Å²) in [7, 11) is 1.46. The minimum absolute atomic E-state index is 0.198. The van der Waals surface area contributed by atoms with Crippen molar-refractivity contribution < 1.29 is 23.8 Å². The predicted molar refractivity (Wildman–Crippen MR) is 131 cm³/mol.